The molecule has 0 bridgehead atoms. The summed E-state index contributed by atoms with van der Waals surface area (Å²) in [6.45, 7) is 4.36. The molecule has 206 valence electrons. The monoisotopic (exact) mass is 529 g/mol. The Labute approximate surface area is 206 Å². The van der Waals surface area contributed by atoms with Crippen molar-refractivity contribution in [2.24, 2.45) is 0 Å². The van der Waals surface area contributed by atoms with E-state index in [1.54, 1.807) is 0 Å². The number of amides is 1. The summed E-state index contributed by atoms with van der Waals surface area (Å²) in [5.41, 5.74) is 0. The number of rotatable bonds is 20. The molecule has 0 heterocycles. The van der Waals surface area contributed by atoms with Crippen LogP contribution in [-0.4, -0.2) is 71.3 Å². The summed E-state index contributed by atoms with van der Waals surface area (Å²) in [7, 11) is 0. The maximum atomic E-state index is 13.5. The number of halogens is 5. The van der Waals surface area contributed by atoms with Crippen LogP contribution in [0.5, 0.6) is 5.75 Å². The molecule has 1 aromatic carbocycles. The van der Waals surface area contributed by atoms with Gasteiger partial charge >= 0.3 is 5.97 Å². The van der Waals surface area contributed by atoms with Gasteiger partial charge in [-0.25, -0.2) is 13.2 Å². The van der Waals surface area contributed by atoms with Gasteiger partial charge in [-0.2, -0.15) is 8.78 Å². The summed E-state index contributed by atoms with van der Waals surface area (Å²) in [6.07, 6.45) is 2.96. The maximum Gasteiger partial charge on any atom is 0.313 e. The van der Waals surface area contributed by atoms with Crippen LogP contribution >= 0.6 is 0 Å². The van der Waals surface area contributed by atoms with Crippen molar-refractivity contribution >= 4 is 11.9 Å². The van der Waals surface area contributed by atoms with Gasteiger partial charge in [-0.3, -0.25) is 9.59 Å². The second kappa shape index (κ2) is 18.9. The van der Waals surface area contributed by atoms with Crippen LogP contribution in [0.1, 0.15) is 39.0 Å². The SMILES string of the molecule is CCCCCNC(=O)CCOCCOCCOCCOCCC(=O)Oc1c(F)c(F)c(F)c(F)c1F. The quantitative estimate of drug-likeness (QED) is 0.0691. The highest BCUT2D eigenvalue weighted by molar-refractivity contribution is 5.75. The van der Waals surface area contributed by atoms with Gasteiger partial charge < -0.3 is 29.0 Å². The number of hydrogen-bond donors (Lipinski definition) is 1. The fourth-order valence-electron chi connectivity index (χ4n) is 2.61. The van der Waals surface area contributed by atoms with E-state index in [2.05, 4.69) is 17.0 Å². The first-order valence-electron chi connectivity index (χ1n) is 11.6. The van der Waals surface area contributed by atoms with E-state index < -0.39 is 47.2 Å². The number of esters is 1. The first-order valence-corrected chi connectivity index (χ1v) is 11.6. The molecule has 1 aromatic rings. The molecule has 0 saturated heterocycles. The Morgan fingerprint density at radius 1 is 0.639 bits per heavy atom. The third-order valence-corrected chi connectivity index (χ3v) is 4.53. The average molecular weight is 529 g/mol. The molecule has 0 aliphatic rings. The number of benzene rings is 1. The minimum Gasteiger partial charge on any atom is -0.420 e. The van der Waals surface area contributed by atoms with Gasteiger partial charge in [-0.05, 0) is 6.42 Å². The molecule has 8 nitrogen and oxygen atoms in total. The average Bonchev–Trinajstić information content (AvgIpc) is 2.87. The predicted molar refractivity (Wildman–Crippen MR) is 117 cm³/mol. The van der Waals surface area contributed by atoms with Crippen LogP contribution in [0.25, 0.3) is 0 Å². The molecule has 1 rings (SSSR count). The number of nitrogens with one attached hydrogen (secondary N) is 1. The highest BCUT2D eigenvalue weighted by Gasteiger charge is 2.28. The number of unbranched alkanes of at least 4 members (excludes halogenated alkanes) is 2. The molecule has 0 saturated carbocycles. The molecule has 13 heteroatoms. The van der Waals surface area contributed by atoms with Crippen molar-refractivity contribution in [3.8, 4) is 5.75 Å². The zero-order valence-electron chi connectivity index (χ0n) is 20.1. The third kappa shape index (κ3) is 12.6. The molecule has 0 aromatic heterocycles. The second-order valence-electron chi connectivity index (χ2n) is 7.38. The smallest absolute Gasteiger partial charge is 0.313 e. The van der Waals surface area contributed by atoms with Gasteiger partial charge in [-0.1, -0.05) is 19.8 Å². The lowest BCUT2D eigenvalue weighted by molar-refractivity contribution is -0.136. The fraction of sp³-hybridized carbons (Fsp3) is 0.652. The topological polar surface area (TPSA) is 92.3 Å². The van der Waals surface area contributed by atoms with Crippen molar-refractivity contribution < 1.29 is 55.2 Å². The first kappa shape index (κ1) is 31.7. The van der Waals surface area contributed by atoms with E-state index >= 15 is 0 Å². The minimum absolute atomic E-state index is 0.0408. The maximum absolute atomic E-state index is 13.5. The molecular weight excluding hydrogens is 497 g/mol. The predicted octanol–water partition coefficient (Wildman–Crippen LogP) is 3.44. The van der Waals surface area contributed by atoms with Crippen molar-refractivity contribution in [1.82, 2.24) is 5.32 Å². The van der Waals surface area contributed by atoms with Crippen LogP contribution in [0.3, 0.4) is 0 Å². The lowest BCUT2D eigenvalue weighted by Gasteiger charge is -2.09. The number of carbonyl (C=O) groups is 2. The van der Waals surface area contributed by atoms with E-state index in [9.17, 15) is 31.5 Å². The molecule has 0 atom stereocenters. The Bertz CT molecular complexity index is 785. The summed E-state index contributed by atoms with van der Waals surface area (Å²) in [4.78, 5) is 23.1. The summed E-state index contributed by atoms with van der Waals surface area (Å²) in [5.74, 6) is -14.2. The highest BCUT2D eigenvalue weighted by Crippen LogP contribution is 2.29. The molecule has 0 fully saturated rings. The Morgan fingerprint density at radius 3 is 1.58 bits per heavy atom. The van der Waals surface area contributed by atoms with Crippen molar-refractivity contribution in [2.75, 3.05) is 59.4 Å². The van der Waals surface area contributed by atoms with Crippen LogP contribution in [0, 0.1) is 29.1 Å². The van der Waals surface area contributed by atoms with Gasteiger partial charge in [0, 0.05) is 13.0 Å². The summed E-state index contributed by atoms with van der Waals surface area (Å²) in [5, 5.41) is 2.82. The Morgan fingerprint density at radius 2 is 1.08 bits per heavy atom. The second-order valence-corrected chi connectivity index (χ2v) is 7.38. The van der Waals surface area contributed by atoms with E-state index in [4.69, 9.17) is 18.9 Å². The molecule has 0 radical (unpaired) electrons. The lowest BCUT2D eigenvalue weighted by atomic mass is 10.2. The summed E-state index contributed by atoms with van der Waals surface area (Å²) < 4.78 is 91.2. The summed E-state index contributed by atoms with van der Waals surface area (Å²) in [6, 6.07) is 0. The Balaban J connectivity index is 1.96. The zero-order valence-corrected chi connectivity index (χ0v) is 20.1. The van der Waals surface area contributed by atoms with E-state index in [1.165, 1.54) is 0 Å². The van der Waals surface area contributed by atoms with Crippen LogP contribution < -0.4 is 10.1 Å². The van der Waals surface area contributed by atoms with Crippen LogP contribution in [0.2, 0.25) is 0 Å². The minimum atomic E-state index is -2.35. The molecule has 1 N–H and O–H groups in total. The van der Waals surface area contributed by atoms with E-state index in [0.29, 0.717) is 39.4 Å². The normalized spacial score (nSPS) is 11.1. The van der Waals surface area contributed by atoms with Gasteiger partial charge in [0.05, 0.1) is 59.3 Å². The lowest BCUT2D eigenvalue weighted by Crippen LogP contribution is -2.25. The fourth-order valence-corrected chi connectivity index (χ4v) is 2.61. The number of ether oxygens (including phenoxy) is 5. The molecule has 0 aliphatic carbocycles. The van der Waals surface area contributed by atoms with Crippen molar-refractivity contribution in [2.45, 2.75) is 39.0 Å². The van der Waals surface area contributed by atoms with E-state index in [0.717, 1.165) is 19.3 Å². The van der Waals surface area contributed by atoms with Gasteiger partial charge in [0.2, 0.25) is 40.7 Å². The standard InChI is InChI=1S/C23H32F5NO7/c1-2-3-4-7-29-16(30)5-8-32-10-12-34-14-15-35-13-11-33-9-6-17(31)36-23-21(27)19(25)18(24)20(26)22(23)28/h2-15H2,1H3,(H,29,30). The van der Waals surface area contributed by atoms with Gasteiger partial charge in [-0.15, -0.1) is 0 Å². The largest absolute Gasteiger partial charge is 0.420 e. The van der Waals surface area contributed by atoms with Crippen LogP contribution in [0.4, 0.5) is 22.0 Å². The molecular formula is C23H32F5NO7. The molecule has 0 aliphatic heterocycles. The van der Waals surface area contributed by atoms with Gasteiger partial charge in [0.1, 0.15) is 0 Å². The molecule has 1 amide bonds. The number of carbonyl (C=O) groups excluding carboxylic acids is 2. The molecule has 36 heavy (non-hydrogen) atoms. The van der Waals surface area contributed by atoms with Crippen molar-refractivity contribution in [3.05, 3.63) is 29.1 Å². The van der Waals surface area contributed by atoms with E-state index in [-0.39, 0.29) is 32.3 Å². The van der Waals surface area contributed by atoms with Gasteiger partial charge in [0.15, 0.2) is 0 Å². The first-order chi connectivity index (χ1) is 17.3. The zero-order chi connectivity index (χ0) is 26.8. The third-order valence-electron chi connectivity index (χ3n) is 4.53. The number of hydrogen-bond acceptors (Lipinski definition) is 7. The van der Waals surface area contributed by atoms with Crippen molar-refractivity contribution in [1.29, 1.82) is 0 Å². The highest BCUT2D eigenvalue weighted by atomic mass is 19.2. The van der Waals surface area contributed by atoms with Crippen LogP contribution in [0.15, 0.2) is 0 Å². The van der Waals surface area contributed by atoms with Crippen molar-refractivity contribution in [3.63, 3.8) is 0 Å². The summed E-state index contributed by atoms with van der Waals surface area (Å²) >= 11 is 0. The molecule has 0 spiro atoms. The van der Waals surface area contributed by atoms with Crippen LogP contribution in [-0.2, 0) is 28.5 Å². The van der Waals surface area contributed by atoms with Gasteiger partial charge in [0.25, 0.3) is 0 Å². The Kier molecular flexibility index (Phi) is 16.6. The van der Waals surface area contributed by atoms with E-state index in [1.807, 2.05) is 0 Å². The molecule has 0 unspecified atom stereocenters. The Hall–Kier alpha value is -2.35.